The van der Waals surface area contributed by atoms with E-state index in [9.17, 15) is 8.78 Å². The molecule has 3 nitrogen and oxygen atoms in total. The fourth-order valence-corrected chi connectivity index (χ4v) is 2.52. The summed E-state index contributed by atoms with van der Waals surface area (Å²) in [5.74, 6) is -1.17. The van der Waals surface area contributed by atoms with E-state index in [4.69, 9.17) is 9.47 Å². The van der Waals surface area contributed by atoms with E-state index in [2.05, 4.69) is 5.32 Å². The topological polar surface area (TPSA) is 30.5 Å². The summed E-state index contributed by atoms with van der Waals surface area (Å²) in [5, 5.41) is 3.24. The molecule has 0 bridgehead atoms. The van der Waals surface area contributed by atoms with Gasteiger partial charge in [0.05, 0.1) is 6.61 Å². The molecule has 1 aliphatic heterocycles. The Morgan fingerprint density at radius 1 is 1.10 bits per heavy atom. The number of benzene rings is 1. The number of halogens is 2. The van der Waals surface area contributed by atoms with E-state index >= 15 is 0 Å². The van der Waals surface area contributed by atoms with Crippen molar-refractivity contribution < 1.29 is 18.3 Å². The molecule has 1 aromatic carbocycles. The summed E-state index contributed by atoms with van der Waals surface area (Å²) < 4.78 is 38.6. The lowest BCUT2D eigenvalue weighted by atomic mass is 10.0. The molecule has 2 fully saturated rings. The molecule has 1 saturated heterocycles. The standard InChI is InChI=1S/C16H21F2NO2/c17-14-7-12(9-19-13-1-2-13)8-15(18)16(14)21-10-11-3-5-20-6-4-11/h7-8,11,13,19H,1-6,9-10H2. The maximum atomic E-state index is 14.0. The molecule has 0 atom stereocenters. The molecule has 1 heterocycles. The normalized spacial score (nSPS) is 19.7. The van der Waals surface area contributed by atoms with Crippen molar-refractivity contribution in [3.8, 4) is 5.75 Å². The Morgan fingerprint density at radius 2 is 1.76 bits per heavy atom. The van der Waals surface area contributed by atoms with Gasteiger partial charge in [0.1, 0.15) is 0 Å². The van der Waals surface area contributed by atoms with Crippen LogP contribution in [0, 0.1) is 17.6 Å². The Balaban J connectivity index is 1.58. The highest BCUT2D eigenvalue weighted by Gasteiger charge is 2.21. The van der Waals surface area contributed by atoms with Gasteiger partial charge >= 0.3 is 0 Å². The Hall–Kier alpha value is -1.20. The predicted octanol–water partition coefficient (Wildman–Crippen LogP) is 3.02. The molecule has 1 saturated carbocycles. The molecule has 0 amide bonds. The van der Waals surface area contributed by atoms with Gasteiger partial charge in [0.25, 0.3) is 0 Å². The first-order valence-electron chi connectivity index (χ1n) is 7.64. The maximum absolute atomic E-state index is 14.0. The third-order valence-electron chi connectivity index (χ3n) is 4.03. The minimum Gasteiger partial charge on any atom is -0.487 e. The fourth-order valence-electron chi connectivity index (χ4n) is 2.52. The molecule has 1 aromatic rings. The monoisotopic (exact) mass is 297 g/mol. The van der Waals surface area contributed by atoms with E-state index in [-0.39, 0.29) is 5.75 Å². The van der Waals surface area contributed by atoms with Crippen molar-refractivity contribution in [3.05, 3.63) is 29.3 Å². The largest absolute Gasteiger partial charge is 0.487 e. The number of nitrogens with one attached hydrogen (secondary N) is 1. The smallest absolute Gasteiger partial charge is 0.190 e. The minimum absolute atomic E-state index is 0.253. The average Bonchev–Trinajstić information content (AvgIpc) is 3.29. The van der Waals surface area contributed by atoms with Crippen molar-refractivity contribution in [2.45, 2.75) is 38.3 Å². The maximum Gasteiger partial charge on any atom is 0.190 e. The molecular weight excluding hydrogens is 276 g/mol. The second-order valence-electron chi connectivity index (χ2n) is 5.91. The van der Waals surface area contributed by atoms with Gasteiger partial charge in [-0.05, 0) is 49.3 Å². The van der Waals surface area contributed by atoms with Crippen LogP contribution in [0.25, 0.3) is 0 Å². The van der Waals surface area contributed by atoms with Crippen LogP contribution in [0.4, 0.5) is 8.78 Å². The predicted molar refractivity (Wildman–Crippen MR) is 75.3 cm³/mol. The van der Waals surface area contributed by atoms with Gasteiger partial charge in [-0.2, -0.15) is 0 Å². The van der Waals surface area contributed by atoms with Crippen molar-refractivity contribution in [2.75, 3.05) is 19.8 Å². The molecule has 2 aliphatic rings. The zero-order valence-corrected chi connectivity index (χ0v) is 12.0. The molecule has 0 spiro atoms. The SMILES string of the molecule is Fc1cc(CNC2CC2)cc(F)c1OCC1CCOCC1. The lowest BCUT2D eigenvalue weighted by Gasteiger charge is -2.22. The van der Waals surface area contributed by atoms with E-state index in [0.717, 1.165) is 25.7 Å². The molecule has 1 aliphatic carbocycles. The van der Waals surface area contributed by atoms with Crippen molar-refractivity contribution in [3.63, 3.8) is 0 Å². The van der Waals surface area contributed by atoms with E-state index in [1.54, 1.807) is 0 Å². The molecule has 21 heavy (non-hydrogen) atoms. The van der Waals surface area contributed by atoms with Crippen LogP contribution in [0.5, 0.6) is 5.75 Å². The molecule has 0 radical (unpaired) electrons. The fraction of sp³-hybridized carbons (Fsp3) is 0.625. The van der Waals surface area contributed by atoms with Crippen molar-refractivity contribution >= 4 is 0 Å². The van der Waals surface area contributed by atoms with Crippen molar-refractivity contribution in [2.24, 2.45) is 5.92 Å². The van der Waals surface area contributed by atoms with Crippen LogP contribution >= 0.6 is 0 Å². The van der Waals surface area contributed by atoms with Crippen molar-refractivity contribution in [1.82, 2.24) is 5.32 Å². The summed E-state index contributed by atoms with van der Waals surface area (Å²) in [6.45, 7) is 2.24. The highest BCUT2D eigenvalue weighted by atomic mass is 19.1. The van der Waals surface area contributed by atoms with E-state index in [0.29, 0.717) is 43.9 Å². The first-order chi connectivity index (χ1) is 10.2. The quantitative estimate of drug-likeness (QED) is 0.875. The van der Waals surface area contributed by atoms with Crippen LogP contribution in [0.2, 0.25) is 0 Å². The zero-order valence-electron chi connectivity index (χ0n) is 12.0. The summed E-state index contributed by atoms with van der Waals surface area (Å²) in [7, 11) is 0. The van der Waals surface area contributed by atoms with Gasteiger partial charge in [0, 0.05) is 25.8 Å². The molecule has 3 rings (SSSR count). The molecule has 0 unspecified atom stereocenters. The number of ether oxygens (including phenoxy) is 2. The molecule has 116 valence electrons. The van der Waals surface area contributed by atoms with Crippen LogP contribution in [-0.4, -0.2) is 25.9 Å². The number of rotatable bonds is 6. The van der Waals surface area contributed by atoms with Crippen LogP contribution in [-0.2, 0) is 11.3 Å². The van der Waals surface area contributed by atoms with Crippen LogP contribution in [0.3, 0.4) is 0 Å². The average molecular weight is 297 g/mol. The number of hydrogen-bond donors (Lipinski definition) is 1. The Labute approximate surface area is 123 Å². The second kappa shape index (κ2) is 6.71. The van der Waals surface area contributed by atoms with Crippen LogP contribution < -0.4 is 10.1 Å². The highest BCUT2D eigenvalue weighted by Crippen LogP contribution is 2.26. The van der Waals surface area contributed by atoms with Crippen LogP contribution in [0.1, 0.15) is 31.2 Å². The van der Waals surface area contributed by atoms with Gasteiger partial charge in [0.2, 0.25) is 0 Å². The Kier molecular flexibility index (Phi) is 4.70. The summed E-state index contributed by atoms with van der Waals surface area (Å²) in [4.78, 5) is 0. The Morgan fingerprint density at radius 3 is 2.38 bits per heavy atom. The second-order valence-corrected chi connectivity index (χ2v) is 5.91. The summed E-state index contributed by atoms with van der Waals surface area (Å²) in [5.41, 5.74) is 0.621. The minimum atomic E-state index is -0.616. The molecule has 1 N–H and O–H groups in total. The lowest BCUT2D eigenvalue weighted by molar-refractivity contribution is 0.0485. The zero-order chi connectivity index (χ0) is 14.7. The van der Waals surface area contributed by atoms with Gasteiger partial charge in [-0.15, -0.1) is 0 Å². The van der Waals surface area contributed by atoms with Gasteiger partial charge in [-0.3, -0.25) is 0 Å². The third kappa shape index (κ3) is 4.14. The number of hydrogen-bond acceptors (Lipinski definition) is 3. The highest BCUT2D eigenvalue weighted by molar-refractivity contribution is 5.31. The van der Waals surface area contributed by atoms with E-state index in [1.165, 1.54) is 12.1 Å². The van der Waals surface area contributed by atoms with Gasteiger partial charge in [-0.25, -0.2) is 8.78 Å². The summed E-state index contributed by atoms with van der Waals surface area (Å²) in [6.07, 6.45) is 4.06. The Bertz CT molecular complexity index is 462. The van der Waals surface area contributed by atoms with Crippen LogP contribution in [0.15, 0.2) is 12.1 Å². The van der Waals surface area contributed by atoms with Gasteiger partial charge in [0.15, 0.2) is 17.4 Å². The lowest BCUT2D eigenvalue weighted by Crippen LogP contribution is -2.22. The summed E-state index contributed by atoms with van der Waals surface area (Å²) >= 11 is 0. The molecular formula is C16H21F2NO2. The first kappa shape index (κ1) is 14.7. The third-order valence-corrected chi connectivity index (χ3v) is 4.03. The summed E-state index contributed by atoms with van der Waals surface area (Å²) in [6, 6.07) is 3.23. The van der Waals surface area contributed by atoms with E-state index in [1.807, 2.05) is 0 Å². The first-order valence-corrected chi connectivity index (χ1v) is 7.64. The van der Waals surface area contributed by atoms with Gasteiger partial charge in [-0.1, -0.05) is 0 Å². The van der Waals surface area contributed by atoms with Gasteiger partial charge < -0.3 is 14.8 Å². The molecule has 5 heteroatoms. The molecule has 0 aromatic heterocycles. The van der Waals surface area contributed by atoms with Crippen molar-refractivity contribution in [1.29, 1.82) is 0 Å². The van der Waals surface area contributed by atoms with E-state index < -0.39 is 11.6 Å².